The molecule has 0 fully saturated rings. The van der Waals surface area contributed by atoms with Crippen LogP contribution in [-0.2, 0) is 0 Å². The lowest BCUT2D eigenvalue weighted by molar-refractivity contribution is 0.102. The van der Waals surface area contributed by atoms with E-state index in [1.165, 1.54) is 18.3 Å². The Morgan fingerprint density at radius 3 is 2.48 bits per heavy atom. The van der Waals surface area contributed by atoms with Gasteiger partial charge in [-0.3, -0.25) is 14.6 Å². The molecule has 2 N–H and O–H groups in total. The first-order valence-electron chi connectivity index (χ1n) is 8.73. The maximum absolute atomic E-state index is 13.7. The van der Waals surface area contributed by atoms with E-state index in [1.807, 2.05) is 6.92 Å². The SMILES string of the molecule is CCOc1ccccc1NC(=O)c1ccnc(C(=O)Nc2ccc(F)cc2F)c1. The van der Waals surface area contributed by atoms with Crippen LogP contribution >= 0.6 is 0 Å². The lowest BCUT2D eigenvalue weighted by Gasteiger charge is -2.11. The fourth-order valence-electron chi connectivity index (χ4n) is 2.52. The minimum atomic E-state index is -0.917. The number of anilines is 2. The zero-order valence-corrected chi connectivity index (χ0v) is 15.4. The molecule has 1 aromatic heterocycles. The summed E-state index contributed by atoms with van der Waals surface area (Å²) in [7, 11) is 0. The van der Waals surface area contributed by atoms with E-state index in [-0.39, 0.29) is 16.9 Å². The van der Waals surface area contributed by atoms with Gasteiger partial charge in [-0.05, 0) is 43.3 Å². The van der Waals surface area contributed by atoms with E-state index in [0.717, 1.165) is 12.1 Å². The number of nitrogens with one attached hydrogen (secondary N) is 2. The van der Waals surface area contributed by atoms with Crippen molar-refractivity contribution in [2.45, 2.75) is 6.92 Å². The lowest BCUT2D eigenvalue weighted by Crippen LogP contribution is -2.17. The molecular weight excluding hydrogens is 380 g/mol. The first-order valence-corrected chi connectivity index (χ1v) is 8.73. The molecule has 1 heterocycles. The molecule has 0 unspecified atom stereocenters. The van der Waals surface area contributed by atoms with Gasteiger partial charge in [-0.25, -0.2) is 8.78 Å². The molecule has 0 aliphatic rings. The number of benzene rings is 2. The molecule has 0 bridgehead atoms. The average molecular weight is 397 g/mol. The molecule has 2 amide bonds. The molecule has 3 rings (SSSR count). The molecule has 2 aromatic carbocycles. The molecule has 0 aliphatic carbocycles. The predicted molar refractivity (Wildman–Crippen MR) is 104 cm³/mol. The maximum Gasteiger partial charge on any atom is 0.274 e. The Morgan fingerprint density at radius 2 is 1.72 bits per heavy atom. The van der Waals surface area contributed by atoms with Gasteiger partial charge in [0.1, 0.15) is 23.1 Å². The van der Waals surface area contributed by atoms with E-state index in [0.29, 0.717) is 24.1 Å². The molecule has 3 aromatic rings. The van der Waals surface area contributed by atoms with Crippen molar-refractivity contribution in [2.24, 2.45) is 0 Å². The highest BCUT2D eigenvalue weighted by Gasteiger charge is 2.15. The summed E-state index contributed by atoms with van der Waals surface area (Å²) in [6.45, 7) is 2.27. The first kappa shape index (κ1) is 19.9. The quantitative estimate of drug-likeness (QED) is 0.651. The molecular formula is C21H17F2N3O3. The van der Waals surface area contributed by atoms with E-state index >= 15 is 0 Å². The Balaban J connectivity index is 1.76. The minimum Gasteiger partial charge on any atom is -0.492 e. The third-order valence-corrected chi connectivity index (χ3v) is 3.87. The number of hydrogen-bond donors (Lipinski definition) is 2. The van der Waals surface area contributed by atoms with Crippen molar-refractivity contribution in [1.29, 1.82) is 0 Å². The highest BCUT2D eigenvalue weighted by atomic mass is 19.1. The van der Waals surface area contributed by atoms with E-state index < -0.39 is 23.4 Å². The van der Waals surface area contributed by atoms with Crippen LogP contribution in [0.25, 0.3) is 0 Å². The van der Waals surface area contributed by atoms with Crippen LogP contribution in [0.4, 0.5) is 20.2 Å². The van der Waals surface area contributed by atoms with Gasteiger partial charge in [-0.1, -0.05) is 12.1 Å². The van der Waals surface area contributed by atoms with Gasteiger partial charge in [0.15, 0.2) is 0 Å². The van der Waals surface area contributed by atoms with Crippen LogP contribution in [0.1, 0.15) is 27.8 Å². The standard InChI is InChI=1S/C21H17F2N3O3/c1-2-29-19-6-4-3-5-17(19)26-20(27)13-9-10-24-18(11-13)21(28)25-16-8-7-14(22)12-15(16)23/h3-12H,2H2,1H3,(H,25,28)(H,26,27). The number of hydrogen-bond acceptors (Lipinski definition) is 4. The topological polar surface area (TPSA) is 80.3 Å². The van der Waals surface area contributed by atoms with Gasteiger partial charge in [0.25, 0.3) is 11.8 Å². The smallest absolute Gasteiger partial charge is 0.274 e. The van der Waals surface area contributed by atoms with Crippen molar-refractivity contribution < 1.29 is 23.1 Å². The van der Waals surface area contributed by atoms with Crippen molar-refractivity contribution in [2.75, 3.05) is 17.2 Å². The van der Waals surface area contributed by atoms with E-state index in [9.17, 15) is 18.4 Å². The monoisotopic (exact) mass is 397 g/mol. The number of para-hydroxylation sites is 2. The Morgan fingerprint density at radius 1 is 0.966 bits per heavy atom. The number of rotatable bonds is 6. The summed E-state index contributed by atoms with van der Waals surface area (Å²) in [6.07, 6.45) is 1.29. The van der Waals surface area contributed by atoms with Crippen LogP contribution < -0.4 is 15.4 Å². The average Bonchev–Trinajstić information content (AvgIpc) is 2.71. The second-order valence-electron chi connectivity index (χ2n) is 5.89. The number of carbonyl (C=O) groups excluding carboxylic acids is 2. The van der Waals surface area contributed by atoms with Crippen molar-refractivity contribution in [1.82, 2.24) is 4.98 Å². The summed E-state index contributed by atoms with van der Waals surface area (Å²) in [4.78, 5) is 28.8. The van der Waals surface area contributed by atoms with Gasteiger partial charge in [-0.15, -0.1) is 0 Å². The zero-order valence-electron chi connectivity index (χ0n) is 15.4. The zero-order chi connectivity index (χ0) is 20.8. The predicted octanol–water partition coefficient (Wildman–Crippen LogP) is 4.26. The normalized spacial score (nSPS) is 10.3. The maximum atomic E-state index is 13.7. The molecule has 0 aliphatic heterocycles. The van der Waals surface area contributed by atoms with Gasteiger partial charge in [0.2, 0.25) is 0 Å². The van der Waals surface area contributed by atoms with Crippen LogP contribution in [-0.4, -0.2) is 23.4 Å². The number of carbonyl (C=O) groups is 2. The third kappa shape index (κ3) is 4.92. The number of nitrogens with zero attached hydrogens (tertiary/aromatic N) is 1. The lowest BCUT2D eigenvalue weighted by atomic mass is 10.2. The highest BCUT2D eigenvalue weighted by Crippen LogP contribution is 2.24. The van der Waals surface area contributed by atoms with Gasteiger partial charge in [0, 0.05) is 17.8 Å². The van der Waals surface area contributed by atoms with Gasteiger partial charge >= 0.3 is 0 Å². The molecule has 29 heavy (non-hydrogen) atoms. The summed E-state index contributed by atoms with van der Waals surface area (Å²) in [5, 5.41) is 5.02. The number of amides is 2. The fourth-order valence-corrected chi connectivity index (χ4v) is 2.52. The van der Waals surface area contributed by atoms with Gasteiger partial charge < -0.3 is 15.4 Å². The molecule has 0 spiro atoms. The first-order chi connectivity index (χ1) is 14.0. The third-order valence-electron chi connectivity index (χ3n) is 3.87. The number of halogens is 2. The van der Waals surface area contributed by atoms with E-state index in [2.05, 4.69) is 15.6 Å². The Hall–Kier alpha value is -3.81. The summed E-state index contributed by atoms with van der Waals surface area (Å²) in [5.74, 6) is -2.37. The van der Waals surface area contributed by atoms with Crippen molar-refractivity contribution in [3.05, 3.63) is 83.7 Å². The van der Waals surface area contributed by atoms with Crippen molar-refractivity contribution >= 4 is 23.2 Å². The number of ether oxygens (including phenoxy) is 1. The largest absolute Gasteiger partial charge is 0.492 e. The van der Waals surface area contributed by atoms with Gasteiger partial charge in [0.05, 0.1) is 18.0 Å². The molecule has 0 radical (unpaired) electrons. The molecule has 0 saturated carbocycles. The molecule has 6 nitrogen and oxygen atoms in total. The van der Waals surface area contributed by atoms with Crippen LogP contribution in [0.15, 0.2) is 60.8 Å². The van der Waals surface area contributed by atoms with Crippen LogP contribution in [0.2, 0.25) is 0 Å². The Kier molecular flexibility index (Phi) is 6.13. The van der Waals surface area contributed by atoms with E-state index in [1.54, 1.807) is 24.3 Å². The summed E-state index contributed by atoms with van der Waals surface area (Å²) in [6, 6.07) is 12.4. The second kappa shape index (κ2) is 8.92. The molecule has 0 atom stereocenters. The van der Waals surface area contributed by atoms with E-state index in [4.69, 9.17) is 4.74 Å². The van der Waals surface area contributed by atoms with Crippen molar-refractivity contribution in [3.63, 3.8) is 0 Å². The fraction of sp³-hybridized carbons (Fsp3) is 0.0952. The van der Waals surface area contributed by atoms with Gasteiger partial charge in [-0.2, -0.15) is 0 Å². The minimum absolute atomic E-state index is 0.0977. The molecule has 8 heteroatoms. The molecule has 0 saturated heterocycles. The number of aromatic nitrogens is 1. The molecule has 148 valence electrons. The van der Waals surface area contributed by atoms with Crippen LogP contribution in [0.5, 0.6) is 5.75 Å². The second-order valence-corrected chi connectivity index (χ2v) is 5.89. The summed E-state index contributed by atoms with van der Waals surface area (Å²) < 4.78 is 32.2. The summed E-state index contributed by atoms with van der Waals surface area (Å²) in [5.41, 5.74) is 0.366. The van der Waals surface area contributed by atoms with Crippen LogP contribution in [0.3, 0.4) is 0 Å². The van der Waals surface area contributed by atoms with Crippen molar-refractivity contribution in [3.8, 4) is 5.75 Å². The number of pyridine rings is 1. The van der Waals surface area contributed by atoms with Crippen LogP contribution in [0, 0.1) is 11.6 Å². The highest BCUT2D eigenvalue weighted by molar-refractivity contribution is 6.08. The Bertz CT molecular complexity index is 1060. The Labute approximate surface area is 165 Å². The summed E-state index contributed by atoms with van der Waals surface area (Å²) >= 11 is 0.